The number of aryl methyl sites for hydroxylation is 2. The van der Waals surface area contributed by atoms with Gasteiger partial charge in [-0.25, -0.2) is 14.2 Å². The standard InChI is InChI=1S/C26H23FN2O7S/c1-12-6-7-15(10-16(12)27)21(30)19-20(14-8-9-17(34-3)18(11-14)35-4)29(24(32)22(19)31)26-28-13(2)23(37-26)25(33)36-5/h6-11,20,30H,1-5H3/t20-/m0/s1. The van der Waals surface area contributed by atoms with E-state index in [1.807, 2.05) is 0 Å². The highest BCUT2D eigenvalue weighted by Gasteiger charge is 2.48. The van der Waals surface area contributed by atoms with Crippen molar-refractivity contribution in [3.05, 3.63) is 75.0 Å². The summed E-state index contributed by atoms with van der Waals surface area (Å²) >= 11 is 0.872. The van der Waals surface area contributed by atoms with Gasteiger partial charge in [0.1, 0.15) is 16.5 Å². The highest BCUT2D eigenvalue weighted by molar-refractivity contribution is 7.17. The number of carbonyl (C=O) groups excluding carboxylic acids is 3. The van der Waals surface area contributed by atoms with Crippen LogP contribution < -0.4 is 14.4 Å². The van der Waals surface area contributed by atoms with Gasteiger partial charge in [0.2, 0.25) is 0 Å². The van der Waals surface area contributed by atoms with Gasteiger partial charge < -0.3 is 19.3 Å². The summed E-state index contributed by atoms with van der Waals surface area (Å²) in [4.78, 5) is 44.5. The average Bonchev–Trinajstić information content (AvgIpc) is 3.40. The van der Waals surface area contributed by atoms with Crippen LogP contribution in [0.5, 0.6) is 11.5 Å². The Labute approximate surface area is 215 Å². The molecular formula is C26H23FN2O7S. The maximum Gasteiger partial charge on any atom is 0.350 e. The zero-order chi connectivity index (χ0) is 27.0. The molecule has 37 heavy (non-hydrogen) atoms. The molecule has 1 fully saturated rings. The van der Waals surface area contributed by atoms with Crippen LogP contribution in [0.2, 0.25) is 0 Å². The van der Waals surface area contributed by atoms with Crippen LogP contribution in [0.15, 0.2) is 42.0 Å². The first-order valence-electron chi connectivity index (χ1n) is 11.0. The van der Waals surface area contributed by atoms with E-state index in [1.54, 1.807) is 32.0 Å². The van der Waals surface area contributed by atoms with Gasteiger partial charge in [-0.1, -0.05) is 29.5 Å². The molecular weight excluding hydrogens is 503 g/mol. The van der Waals surface area contributed by atoms with Crippen LogP contribution >= 0.6 is 11.3 Å². The Bertz CT molecular complexity index is 1460. The molecule has 0 saturated carbocycles. The number of halogens is 1. The van der Waals surface area contributed by atoms with Crippen LogP contribution in [-0.4, -0.2) is 49.1 Å². The van der Waals surface area contributed by atoms with Crippen molar-refractivity contribution in [2.24, 2.45) is 0 Å². The smallest absolute Gasteiger partial charge is 0.350 e. The zero-order valence-electron chi connectivity index (χ0n) is 20.6. The fourth-order valence-electron chi connectivity index (χ4n) is 4.03. The third-order valence-electron chi connectivity index (χ3n) is 5.98. The Morgan fingerprint density at radius 3 is 2.38 bits per heavy atom. The van der Waals surface area contributed by atoms with E-state index in [0.29, 0.717) is 28.3 Å². The van der Waals surface area contributed by atoms with Crippen molar-refractivity contribution < 1.29 is 38.1 Å². The van der Waals surface area contributed by atoms with E-state index in [-0.39, 0.29) is 21.1 Å². The minimum atomic E-state index is -1.17. The molecule has 0 spiro atoms. The normalized spacial score (nSPS) is 16.7. The molecule has 11 heteroatoms. The second-order valence-corrected chi connectivity index (χ2v) is 9.13. The van der Waals surface area contributed by atoms with Gasteiger partial charge in [0, 0.05) is 5.56 Å². The van der Waals surface area contributed by atoms with Crippen molar-refractivity contribution in [1.29, 1.82) is 0 Å². The topological polar surface area (TPSA) is 115 Å². The summed E-state index contributed by atoms with van der Waals surface area (Å²) in [6.07, 6.45) is 0. The number of carbonyl (C=O) groups is 3. The van der Waals surface area contributed by atoms with Gasteiger partial charge in [0.05, 0.1) is 38.6 Å². The Kier molecular flexibility index (Phi) is 6.99. The lowest BCUT2D eigenvalue weighted by molar-refractivity contribution is -0.132. The first kappa shape index (κ1) is 25.8. The third-order valence-corrected chi connectivity index (χ3v) is 7.11. The zero-order valence-corrected chi connectivity index (χ0v) is 21.4. The first-order valence-corrected chi connectivity index (χ1v) is 11.8. The van der Waals surface area contributed by atoms with Gasteiger partial charge in [-0.3, -0.25) is 14.5 Å². The Morgan fingerprint density at radius 1 is 1.05 bits per heavy atom. The molecule has 4 rings (SSSR count). The van der Waals surface area contributed by atoms with E-state index < -0.39 is 35.3 Å². The predicted molar refractivity (Wildman–Crippen MR) is 134 cm³/mol. The molecule has 0 aliphatic carbocycles. The maximum absolute atomic E-state index is 14.3. The highest BCUT2D eigenvalue weighted by Crippen LogP contribution is 2.45. The maximum atomic E-state index is 14.3. The Balaban J connectivity index is 1.98. The van der Waals surface area contributed by atoms with Crippen LogP contribution in [0.25, 0.3) is 5.76 Å². The number of aliphatic hydroxyl groups is 1. The van der Waals surface area contributed by atoms with Crippen LogP contribution in [0, 0.1) is 19.7 Å². The number of Topliss-reactive ketones (excluding diaryl/α,β-unsaturated/α-hetero) is 1. The molecule has 1 aliphatic rings. The van der Waals surface area contributed by atoms with Crippen molar-refractivity contribution in [2.45, 2.75) is 19.9 Å². The largest absolute Gasteiger partial charge is 0.507 e. The summed E-state index contributed by atoms with van der Waals surface area (Å²) in [5.74, 6) is -3.03. The fourth-order valence-corrected chi connectivity index (χ4v) is 5.04. The van der Waals surface area contributed by atoms with Gasteiger partial charge in [0.25, 0.3) is 5.78 Å². The number of esters is 1. The number of ether oxygens (including phenoxy) is 3. The molecule has 2 heterocycles. The molecule has 2 aromatic carbocycles. The number of hydrogen-bond donors (Lipinski definition) is 1. The van der Waals surface area contributed by atoms with Gasteiger partial charge in [-0.05, 0) is 43.2 Å². The Hall–Kier alpha value is -4.25. The number of benzene rings is 2. The second-order valence-electron chi connectivity index (χ2n) is 8.15. The van der Waals surface area contributed by atoms with Gasteiger partial charge in [0.15, 0.2) is 16.6 Å². The summed E-state index contributed by atoms with van der Waals surface area (Å²) in [6.45, 7) is 3.13. The molecule has 1 aromatic heterocycles. The lowest BCUT2D eigenvalue weighted by atomic mass is 9.94. The predicted octanol–water partition coefficient (Wildman–Crippen LogP) is 4.33. The average molecular weight is 527 g/mol. The Morgan fingerprint density at radius 2 is 1.76 bits per heavy atom. The van der Waals surface area contributed by atoms with E-state index >= 15 is 0 Å². The summed E-state index contributed by atoms with van der Waals surface area (Å²) in [7, 11) is 4.11. The number of aliphatic hydroxyl groups excluding tert-OH is 1. The van der Waals surface area contributed by atoms with Crippen LogP contribution in [0.1, 0.15) is 38.1 Å². The minimum absolute atomic E-state index is 0.0251. The van der Waals surface area contributed by atoms with Gasteiger partial charge in [-0.15, -0.1) is 0 Å². The number of methoxy groups -OCH3 is 3. The molecule has 0 radical (unpaired) electrons. The molecule has 1 atom stereocenters. The molecule has 1 aliphatic heterocycles. The van der Waals surface area contributed by atoms with Gasteiger partial charge in [-0.2, -0.15) is 0 Å². The fraction of sp³-hybridized carbons (Fsp3) is 0.231. The summed E-state index contributed by atoms with van der Waals surface area (Å²) in [5.41, 5.74) is 0.797. The number of aromatic nitrogens is 1. The highest BCUT2D eigenvalue weighted by atomic mass is 32.1. The van der Waals surface area contributed by atoms with E-state index in [0.717, 1.165) is 22.3 Å². The van der Waals surface area contributed by atoms with Crippen LogP contribution in [0.4, 0.5) is 9.52 Å². The number of thiazole rings is 1. The second kappa shape index (κ2) is 10.0. The molecule has 1 N–H and O–H groups in total. The summed E-state index contributed by atoms with van der Waals surface area (Å²) in [6, 6.07) is 7.59. The minimum Gasteiger partial charge on any atom is -0.507 e. The molecule has 192 valence electrons. The molecule has 1 saturated heterocycles. The van der Waals surface area contributed by atoms with Crippen molar-refractivity contribution in [3.8, 4) is 11.5 Å². The number of ketones is 1. The number of hydrogen-bond acceptors (Lipinski definition) is 9. The quantitative estimate of drug-likeness (QED) is 0.218. The molecule has 3 aromatic rings. The summed E-state index contributed by atoms with van der Waals surface area (Å²) in [5, 5.41) is 11.2. The van der Waals surface area contributed by atoms with Gasteiger partial charge >= 0.3 is 11.9 Å². The lowest BCUT2D eigenvalue weighted by Gasteiger charge is -2.23. The van der Waals surface area contributed by atoms with E-state index in [4.69, 9.17) is 14.2 Å². The van der Waals surface area contributed by atoms with Crippen molar-refractivity contribution in [2.75, 3.05) is 26.2 Å². The monoisotopic (exact) mass is 526 g/mol. The number of rotatable bonds is 6. The van der Waals surface area contributed by atoms with Crippen molar-refractivity contribution in [3.63, 3.8) is 0 Å². The number of anilines is 1. The number of amides is 1. The first-order chi connectivity index (χ1) is 17.6. The van der Waals surface area contributed by atoms with E-state index in [9.17, 15) is 23.9 Å². The SMILES string of the molecule is COC(=O)c1sc(N2C(=O)C(=O)C(=C(O)c3ccc(C)c(F)c3)[C@@H]2c2ccc(OC)c(OC)c2)nc1C. The van der Waals surface area contributed by atoms with Crippen molar-refractivity contribution >= 4 is 39.9 Å². The third kappa shape index (κ3) is 4.42. The summed E-state index contributed by atoms with van der Waals surface area (Å²) < 4.78 is 29.8. The van der Waals surface area contributed by atoms with E-state index in [2.05, 4.69) is 4.98 Å². The molecule has 0 unspecified atom stereocenters. The van der Waals surface area contributed by atoms with E-state index in [1.165, 1.54) is 33.5 Å². The van der Waals surface area contributed by atoms with Crippen LogP contribution in [0.3, 0.4) is 0 Å². The molecule has 1 amide bonds. The van der Waals surface area contributed by atoms with Crippen molar-refractivity contribution in [1.82, 2.24) is 4.98 Å². The molecule has 0 bridgehead atoms. The number of nitrogens with zero attached hydrogens (tertiary/aromatic N) is 2. The lowest BCUT2D eigenvalue weighted by Crippen LogP contribution is -2.29. The van der Waals surface area contributed by atoms with Crippen LogP contribution in [-0.2, 0) is 14.3 Å². The molecule has 9 nitrogen and oxygen atoms in total.